The molecule has 1 aliphatic carbocycles. The van der Waals surface area contributed by atoms with Crippen molar-refractivity contribution in [3.63, 3.8) is 0 Å². The van der Waals surface area contributed by atoms with Crippen LogP contribution >= 0.6 is 11.8 Å². The Morgan fingerprint density at radius 3 is 2.58 bits per heavy atom. The Labute approximate surface area is 119 Å². The third kappa shape index (κ3) is 2.83. The van der Waals surface area contributed by atoms with Crippen LogP contribution in [0.2, 0.25) is 0 Å². The van der Waals surface area contributed by atoms with Crippen molar-refractivity contribution in [3.8, 4) is 0 Å². The molecule has 1 spiro atoms. The van der Waals surface area contributed by atoms with Crippen molar-refractivity contribution >= 4 is 11.8 Å². The number of aliphatic hydroxyl groups excluding tert-OH is 1. The Bertz CT molecular complexity index is 400. The van der Waals surface area contributed by atoms with Gasteiger partial charge in [0.1, 0.15) is 0 Å². The maximum absolute atomic E-state index is 9.43. The molecule has 0 unspecified atom stereocenters. The topological polar surface area (TPSA) is 29.5 Å². The molecule has 0 aromatic heterocycles. The molecule has 1 saturated heterocycles. The van der Waals surface area contributed by atoms with E-state index in [1.807, 2.05) is 11.8 Å². The van der Waals surface area contributed by atoms with Gasteiger partial charge >= 0.3 is 0 Å². The summed E-state index contributed by atoms with van der Waals surface area (Å²) in [6, 6.07) is 10.6. The number of rotatable bonds is 3. The van der Waals surface area contributed by atoms with Crippen molar-refractivity contribution in [2.24, 2.45) is 0 Å². The van der Waals surface area contributed by atoms with Crippen LogP contribution in [0.5, 0.6) is 0 Å². The Hall–Kier alpha value is -0.510. The van der Waals surface area contributed by atoms with E-state index < -0.39 is 0 Å². The predicted octanol–water partition coefficient (Wildman–Crippen LogP) is 3.63. The minimum absolute atomic E-state index is 0.0200. The molecule has 104 valence electrons. The molecule has 1 aromatic carbocycles. The zero-order valence-electron chi connectivity index (χ0n) is 11.3. The van der Waals surface area contributed by atoms with Crippen molar-refractivity contribution in [1.82, 2.24) is 0 Å². The van der Waals surface area contributed by atoms with Gasteiger partial charge in [0.05, 0.1) is 18.3 Å². The molecule has 3 rings (SSSR count). The number of hydrogen-bond acceptors (Lipinski definition) is 3. The monoisotopic (exact) mass is 278 g/mol. The quantitative estimate of drug-likeness (QED) is 0.915. The van der Waals surface area contributed by atoms with Gasteiger partial charge in [0.2, 0.25) is 0 Å². The van der Waals surface area contributed by atoms with Gasteiger partial charge in [-0.05, 0) is 31.4 Å². The second kappa shape index (κ2) is 5.86. The fraction of sp³-hybridized carbons (Fsp3) is 0.625. The van der Waals surface area contributed by atoms with Gasteiger partial charge in [-0.25, -0.2) is 0 Å². The van der Waals surface area contributed by atoms with Crippen LogP contribution in [-0.2, 0) is 4.74 Å². The van der Waals surface area contributed by atoms with E-state index in [4.69, 9.17) is 4.74 Å². The van der Waals surface area contributed by atoms with E-state index in [-0.39, 0.29) is 18.3 Å². The van der Waals surface area contributed by atoms with Crippen LogP contribution in [0.3, 0.4) is 0 Å². The molecule has 0 radical (unpaired) electrons. The van der Waals surface area contributed by atoms with Crippen LogP contribution in [0.25, 0.3) is 0 Å². The summed E-state index contributed by atoms with van der Waals surface area (Å²) in [4.78, 5) is 1.32. The summed E-state index contributed by atoms with van der Waals surface area (Å²) < 4.78 is 6.25. The van der Waals surface area contributed by atoms with Crippen LogP contribution < -0.4 is 0 Å². The molecule has 1 aliphatic heterocycles. The first-order valence-corrected chi connectivity index (χ1v) is 8.21. The highest BCUT2D eigenvalue weighted by molar-refractivity contribution is 8.00. The van der Waals surface area contributed by atoms with E-state index in [1.54, 1.807) is 0 Å². The first kappa shape index (κ1) is 13.5. The van der Waals surface area contributed by atoms with Crippen molar-refractivity contribution in [1.29, 1.82) is 0 Å². The number of hydrogen-bond donors (Lipinski definition) is 1. The van der Waals surface area contributed by atoms with Crippen LogP contribution in [0.1, 0.15) is 38.5 Å². The molecule has 0 bridgehead atoms. The summed E-state index contributed by atoms with van der Waals surface area (Å²) in [6.07, 6.45) is 7.21. The highest BCUT2D eigenvalue weighted by Gasteiger charge is 2.48. The van der Waals surface area contributed by atoms with Crippen LogP contribution in [0.15, 0.2) is 35.2 Å². The largest absolute Gasteiger partial charge is 0.394 e. The third-order valence-electron chi connectivity index (χ3n) is 4.39. The van der Waals surface area contributed by atoms with Crippen LogP contribution in [0, 0.1) is 0 Å². The predicted molar refractivity (Wildman–Crippen MR) is 78.5 cm³/mol. The molecular formula is C16H22O2S. The van der Waals surface area contributed by atoms with E-state index in [0.717, 1.165) is 19.3 Å². The second-order valence-corrected chi connectivity index (χ2v) is 6.98. The first-order valence-electron chi connectivity index (χ1n) is 7.33. The van der Waals surface area contributed by atoms with Gasteiger partial charge in [-0.3, -0.25) is 0 Å². The van der Waals surface area contributed by atoms with Crippen LogP contribution in [-0.4, -0.2) is 28.7 Å². The maximum Gasteiger partial charge on any atom is 0.0825 e. The number of ether oxygens (including phenoxy) is 1. The standard InChI is InChI=1S/C16H22O2S/c17-12-13-11-15(19-14-7-3-1-4-8-14)16(18-13)9-5-2-6-10-16/h1,3-4,7-8,13,15,17H,2,5-6,9-12H2/t13-,15-/m0/s1. The molecule has 2 atom stereocenters. The van der Waals surface area contributed by atoms with E-state index in [0.29, 0.717) is 5.25 Å². The van der Waals surface area contributed by atoms with Gasteiger partial charge in [0.25, 0.3) is 0 Å². The number of aliphatic hydroxyl groups is 1. The lowest BCUT2D eigenvalue weighted by Gasteiger charge is -2.37. The molecule has 1 aromatic rings. The zero-order valence-corrected chi connectivity index (χ0v) is 12.1. The fourth-order valence-corrected chi connectivity index (χ4v) is 4.89. The van der Waals surface area contributed by atoms with Gasteiger partial charge < -0.3 is 9.84 Å². The van der Waals surface area contributed by atoms with Crippen molar-refractivity contribution in [2.75, 3.05) is 6.61 Å². The SMILES string of the molecule is OC[C@@H]1C[C@H](Sc2ccccc2)C2(CCCCC2)O1. The summed E-state index contributed by atoms with van der Waals surface area (Å²) in [5, 5.41) is 9.92. The Kier molecular flexibility index (Phi) is 4.15. The second-order valence-electron chi connectivity index (χ2n) is 5.70. The molecule has 2 aliphatic rings. The van der Waals surface area contributed by atoms with E-state index >= 15 is 0 Å². The van der Waals surface area contributed by atoms with Crippen molar-refractivity contribution < 1.29 is 9.84 Å². The number of benzene rings is 1. The Morgan fingerprint density at radius 1 is 1.16 bits per heavy atom. The minimum Gasteiger partial charge on any atom is -0.394 e. The normalized spacial score (nSPS) is 29.7. The molecule has 2 fully saturated rings. The highest BCUT2D eigenvalue weighted by atomic mass is 32.2. The van der Waals surface area contributed by atoms with Crippen LogP contribution in [0.4, 0.5) is 0 Å². The lowest BCUT2D eigenvalue weighted by Crippen LogP contribution is -2.39. The molecule has 19 heavy (non-hydrogen) atoms. The molecule has 3 heteroatoms. The Balaban J connectivity index is 1.77. The summed E-state index contributed by atoms with van der Waals surface area (Å²) in [5.74, 6) is 0. The molecule has 0 amide bonds. The van der Waals surface area contributed by atoms with Crippen molar-refractivity contribution in [2.45, 2.75) is 60.4 Å². The van der Waals surface area contributed by atoms with Gasteiger partial charge in [-0.1, -0.05) is 37.5 Å². The Morgan fingerprint density at radius 2 is 1.89 bits per heavy atom. The average molecular weight is 278 g/mol. The van der Waals surface area contributed by atoms with Gasteiger partial charge in [0, 0.05) is 10.1 Å². The lowest BCUT2D eigenvalue weighted by atomic mass is 9.82. The molecule has 1 heterocycles. The molecular weight excluding hydrogens is 256 g/mol. The first-order chi connectivity index (χ1) is 9.32. The molecule has 1 saturated carbocycles. The zero-order chi connectivity index (χ0) is 13.1. The van der Waals surface area contributed by atoms with Crippen molar-refractivity contribution in [3.05, 3.63) is 30.3 Å². The smallest absolute Gasteiger partial charge is 0.0825 e. The van der Waals surface area contributed by atoms with Gasteiger partial charge in [-0.2, -0.15) is 0 Å². The third-order valence-corrected chi connectivity index (χ3v) is 5.84. The highest BCUT2D eigenvalue weighted by Crippen LogP contribution is 2.49. The van der Waals surface area contributed by atoms with Gasteiger partial charge in [0.15, 0.2) is 0 Å². The summed E-state index contributed by atoms with van der Waals surface area (Å²) >= 11 is 1.94. The average Bonchev–Trinajstić information content (AvgIpc) is 2.79. The summed E-state index contributed by atoms with van der Waals surface area (Å²) in [5.41, 5.74) is 0.0200. The van der Waals surface area contributed by atoms with E-state index in [2.05, 4.69) is 30.3 Å². The van der Waals surface area contributed by atoms with Gasteiger partial charge in [-0.15, -0.1) is 11.8 Å². The molecule has 1 N–H and O–H groups in total. The summed E-state index contributed by atoms with van der Waals surface area (Å²) in [6.45, 7) is 0.160. The lowest BCUT2D eigenvalue weighted by molar-refractivity contribution is -0.0761. The van der Waals surface area contributed by atoms with E-state index in [9.17, 15) is 5.11 Å². The number of thioether (sulfide) groups is 1. The minimum atomic E-state index is 0.0200. The van der Waals surface area contributed by atoms with E-state index in [1.165, 1.54) is 24.2 Å². The fourth-order valence-electron chi connectivity index (χ4n) is 3.43. The summed E-state index contributed by atoms with van der Waals surface area (Å²) in [7, 11) is 0. The maximum atomic E-state index is 9.43. The molecule has 2 nitrogen and oxygen atoms in total.